The molecule has 5 rings (SSSR count). The van der Waals surface area contributed by atoms with Crippen LogP contribution in [0.5, 0.6) is 5.75 Å². The van der Waals surface area contributed by atoms with Gasteiger partial charge in [-0.1, -0.05) is 23.8 Å². The van der Waals surface area contributed by atoms with Gasteiger partial charge in [0.1, 0.15) is 34.4 Å². The lowest BCUT2D eigenvalue weighted by Crippen LogP contribution is -2.24. The maximum atomic E-state index is 14.3. The molecule has 0 bridgehead atoms. The minimum atomic E-state index is -2.86. The number of hydrogen-bond acceptors (Lipinski definition) is 6. The van der Waals surface area contributed by atoms with Crippen molar-refractivity contribution in [2.45, 2.75) is 45.3 Å². The Morgan fingerprint density at radius 2 is 2.05 bits per heavy atom. The molecule has 1 aliphatic rings. The average Bonchev–Trinajstić information content (AvgIpc) is 3.40. The summed E-state index contributed by atoms with van der Waals surface area (Å²) in [5.74, 6) is -2.14. The fourth-order valence-corrected chi connectivity index (χ4v) is 4.19. The number of pyridine rings is 3. The molecule has 0 saturated carbocycles. The molecule has 0 unspecified atom stereocenters. The second-order valence-corrected chi connectivity index (χ2v) is 9.62. The number of ether oxygens (including phenoxy) is 1. The minimum Gasteiger partial charge on any atom is -0.485 e. The standard InChI is InChI=1S/C27H24ClF2N5O3/c1-27(2,37)23-8-9-34(33-23)24-12-21-16(13-32-24)6-4-3-5-7-18-11-22(25(28)26(36)35(18)21)38-15-20-19(30)10-17(29)14-31-20/h4,6,8-14,37H,3,5,7,15H2,1-2H3/b6-4+/i15D2. The van der Waals surface area contributed by atoms with E-state index >= 15 is 0 Å². The molecule has 8 nitrogen and oxygen atoms in total. The van der Waals surface area contributed by atoms with Crippen LogP contribution in [-0.2, 0) is 18.6 Å². The van der Waals surface area contributed by atoms with Gasteiger partial charge >= 0.3 is 0 Å². The maximum Gasteiger partial charge on any atom is 0.277 e. The number of fused-ring (bicyclic) bond motifs is 3. The predicted octanol–water partition coefficient (Wildman–Crippen LogP) is 4.90. The van der Waals surface area contributed by atoms with Gasteiger partial charge in [0.05, 0.1) is 20.3 Å². The van der Waals surface area contributed by atoms with E-state index in [0.717, 1.165) is 0 Å². The Balaban J connectivity index is 1.63. The van der Waals surface area contributed by atoms with Gasteiger partial charge in [-0.05, 0) is 39.2 Å². The summed E-state index contributed by atoms with van der Waals surface area (Å²) in [4.78, 5) is 21.7. The first-order valence-electron chi connectivity index (χ1n) is 12.8. The van der Waals surface area contributed by atoms with E-state index in [-0.39, 0.29) is 5.75 Å². The third-order valence-electron chi connectivity index (χ3n) is 5.95. The topological polar surface area (TPSA) is 95.1 Å². The second-order valence-electron chi connectivity index (χ2n) is 9.24. The Hall–Kier alpha value is -3.89. The predicted molar refractivity (Wildman–Crippen MR) is 138 cm³/mol. The van der Waals surface area contributed by atoms with Gasteiger partial charge in [-0.15, -0.1) is 0 Å². The van der Waals surface area contributed by atoms with E-state index < -0.39 is 40.1 Å². The van der Waals surface area contributed by atoms with Crippen molar-refractivity contribution in [1.82, 2.24) is 24.3 Å². The van der Waals surface area contributed by atoms with E-state index in [1.807, 2.05) is 12.2 Å². The molecule has 5 heterocycles. The quantitative estimate of drug-likeness (QED) is 0.386. The lowest BCUT2D eigenvalue weighted by atomic mass is 10.1. The molecular weight excluding hydrogens is 516 g/mol. The highest BCUT2D eigenvalue weighted by Gasteiger charge is 2.22. The molecule has 0 saturated heterocycles. The largest absolute Gasteiger partial charge is 0.485 e. The fourth-order valence-electron chi connectivity index (χ4n) is 4.01. The number of aromatic nitrogens is 5. The smallest absolute Gasteiger partial charge is 0.277 e. The second kappa shape index (κ2) is 10.1. The van der Waals surface area contributed by atoms with Crippen LogP contribution in [-0.4, -0.2) is 29.4 Å². The van der Waals surface area contributed by atoms with Crippen LogP contribution in [0.25, 0.3) is 17.6 Å². The maximum absolute atomic E-state index is 14.3. The van der Waals surface area contributed by atoms with Gasteiger partial charge in [-0.3, -0.25) is 14.3 Å². The molecule has 196 valence electrons. The highest BCUT2D eigenvalue weighted by molar-refractivity contribution is 6.31. The van der Waals surface area contributed by atoms with Crippen LogP contribution in [0.1, 0.15) is 52.1 Å². The summed E-state index contributed by atoms with van der Waals surface area (Å²) in [6.07, 6.45) is 9.45. The summed E-state index contributed by atoms with van der Waals surface area (Å²) in [6, 6.07) is 5.24. The van der Waals surface area contributed by atoms with Gasteiger partial charge in [0.2, 0.25) is 0 Å². The van der Waals surface area contributed by atoms with Crippen LogP contribution in [0.15, 0.2) is 53.7 Å². The van der Waals surface area contributed by atoms with Crippen molar-refractivity contribution in [2.75, 3.05) is 0 Å². The SMILES string of the molecule is [2H]C([2H])(Oc1cc2n(c(=O)c1Cl)-c1cc(-n3ccc(C(C)(C)O)n3)ncc1/C=C/CCC2)c1ncc(F)cc1F. The van der Waals surface area contributed by atoms with Crippen molar-refractivity contribution in [2.24, 2.45) is 0 Å². The summed E-state index contributed by atoms with van der Waals surface area (Å²) in [6.45, 7) is 0.366. The average molecular weight is 542 g/mol. The van der Waals surface area contributed by atoms with Crippen molar-refractivity contribution in [3.05, 3.63) is 98.6 Å². The van der Waals surface area contributed by atoms with E-state index in [9.17, 15) is 18.7 Å². The van der Waals surface area contributed by atoms with Crippen LogP contribution in [0, 0.1) is 11.6 Å². The number of rotatable bonds is 5. The molecule has 0 aliphatic carbocycles. The van der Waals surface area contributed by atoms with Gasteiger partial charge in [-0.25, -0.2) is 18.4 Å². The number of allylic oxidation sites excluding steroid dienone is 1. The van der Waals surface area contributed by atoms with Crippen molar-refractivity contribution in [3.8, 4) is 17.3 Å². The normalized spacial score (nSPS) is 15.3. The lowest BCUT2D eigenvalue weighted by Gasteiger charge is -2.18. The van der Waals surface area contributed by atoms with Crippen LogP contribution in [0.3, 0.4) is 0 Å². The van der Waals surface area contributed by atoms with Crippen molar-refractivity contribution >= 4 is 17.7 Å². The molecule has 38 heavy (non-hydrogen) atoms. The Bertz CT molecular complexity index is 1700. The number of hydrogen-bond donors (Lipinski definition) is 1. The molecule has 0 atom stereocenters. The number of nitrogens with zero attached hydrogens (tertiary/aromatic N) is 5. The van der Waals surface area contributed by atoms with Crippen LogP contribution >= 0.6 is 11.6 Å². The summed E-state index contributed by atoms with van der Waals surface area (Å²) >= 11 is 6.42. The van der Waals surface area contributed by atoms with Crippen molar-refractivity contribution in [1.29, 1.82) is 0 Å². The monoisotopic (exact) mass is 541 g/mol. The number of aliphatic hydroxyl groups is 1. The molecular formula is C27H24ClF2N5O3. The van der Waals surface area contributed by atoms with Gasteiger partial charge < -0.3 is 9.84 Å². The highest BCUT2D eigenvalue weighted by Crippen LogP contribution is 2.29. The van der Waals surface area contributed by atoms with Gasteiger partial charge in [0.15, 0.2) is 11.6 Å². The summed E-state index contributed by atoms with van der Waals surface area (Å²) in [7, 11) is 0. The van der Waals surface area contributed by atoms with E-state index in [0.29, 0.717) is 60.0 Å². The number of aryl methyl sites for hydroxylation is 1. The zero-order chi connectivity index (χ0) is 28.8. The fraction of sp³-hybridized carbons (Fsp3) is 0.259. The van der Waals surface area contributed by atoms with Gasteiger partial charge in [0.25, 0.3) is 5.56 Å². The lowest BCUT2D eigenvalue weighted by molar-refractivity contribution is 0.0734. The molecule has 1 N–H and O–H groups in total. The Labute approximate surface area is 224 Å². The third kappa shape index (κ3) is 5.09. The zero-order valence-corrected chi connectivity index (χ0v) is 21.2. The van der Waals surface area contributed by atoms with Gasteiger partial charge in [0, 0.05) is 41.9 Å². The molecule has 11 heteroatoms. The van der Waals surface area contributed by atoms with E-state index in [1.165, 1.54) is 15.3 Å². The van der Waals surface area contributed by atoms with Crippen molar-refractivity contribution < 1.29 is 21.4 Å². The molecule has 1 aliphatic heterocycles. The first-order chi connectivity index (χ1) is 18.8. The minimum absolute atomic E-state index is 0.307. The zero-order valence-electron chi connectivity index (χ0n) is 22.5. The van der Waals surface area contributed by atoms with Gasteiger partial charge in [-0.2, -0.15) is 5.10 Å². The molecule has 0 radical (unpaired) electrons. The van der Waals surface area contributed by atoms with Crippen LogP contribution < -0.4 is 10.3 Å². The molecule has 0 fully saturated rings. The first kappa shape index (κ1) is 23.2. The Morgan fingerprint density at radius 3 is 2.79 bits per heavy atom. The van der Waals surface area contributed by atoms with Crippen molar-refractivity contribution in [3.63, 3.8) is 0 Å². The van der Waals surface area contributed by atoms with Crippen LogP contribution in [0.4, 0.5) is 8.78 Å². The Kier molecular flexibility index (Phi) is 6.18. The summed E-state index contributed by atoms with van der Waals surface area (Å²) < 4.78 is 52.4. The molecule has 0 amide bonds. The number of halogens is 3. The van der Waals surface area contributed by atoms with E-state index in [4.69, 9.17) is 19.1 Å². The first-order valence-corrected chi connectivity index (χ1v) is 12.1. The molecule has 0 aromatic carbocycles. The van der Waals surface area contributed by atoms with E-state index in [2.05, 4.69) is 15.1 Å². The Morgan fingerprint density at radius 1 is 1.24 bits per heavy atom. The highest BCUT2D eigenvalue weighted by atomic mass is 35.5. The summed E-state index contributed by atoms with van der Waals surface area (Å²) in [5, 5.41) is 14.3. The van der Waals surface area contributed by atoms with E-state index in [1.54, 1.807) is 38.4 Å². The third-order valence-corrected chi connectivity index (χ3v) is 6.30. The molecule has 4 aromatic heterocycles. The summed E-state index contributed by atoms with van der Waals surface area (Å²) in [5.41, 5.74) is -0.672. The molecule has 0 spiro atoms. The molecule has 4 aromatic rings. The van der Waals surface area contributed by atoms with Crippen LogP contribution in [0.2, 0.25) is 5.02 Å².